The molecule has 0 N–H and O–H groups in total. The van der Waals surface area contributed by atoms with Gasteiger partial charge in [-0.15, -0.1) is 0 Å². The number of ether oxygens (including phenoxy) is 6. The van der Waals surface area contributed by atoms with Crippen molar-refractivity contribution in [2.75, 3.05) is 60.6 Å². The third kappa shape index (κ3) is 7.97. The molecular formula is C41H46N4O6. The fourth-order valence-electron chi connectivity index (χ4n) is 6.85. The summed E-state index contributed by atoms with van der Waals surface area (Å²) < 4.78 is 33.5. The van der Waals surface area contributed by atoms with Crippen molar-refractivity contribution in [3.8, 4) is 56.8 Å². The molecule has 0 aliphatic carbocycles. The Balaban J connectivity index is 1.17. The highest BCUT2D eigenvalue weighted by molar-refractivity contribution is 5.72. The van der Waals surface area contributed by atoms with Crippen molar-refractivity contribution >= 4 is 5.69 Å². The van der Waals surface area contributed by atoms with Crippen LogP contribution in [0.5, 0.6) is 34.5 Å². The van der Waals surface area contributed by atoms with Crippen molar-refractivity contribution in [2.45, 2.75) is 32.0 Å². The molecule has 3 heterocycles. The Hall–Kier alpha value is -5.48. The monoisotopic (exact) mass is 690 g/mol. The Morgan fingerprint density at radius 1 is 0.569 bits per heavy atom. The van der Waals surface area contributed by atoms with Crippen molar-refractivity contribution in [1.29, 1.82) is 0 Å². The van der Waals surface area contributed by atoms with Crippen LogP contribution in [0.3, 0.4) is 0 Å². The number of methoxy groups -OCH3 is 6. The summed E-state index contributed by atoms with van der Waals surface area (Å²) in [4.78, 5) is 14.3. The molecule has 1 aliphatic heterocycles. The van der Waals surface area contributed by atoms with E-state index in [9.17, 15) is 0 Å². The second-order valence-electron chi connectivity index (χ2n) is 12.5. The molecule has 0 radical (unpaired) electrons. The molecule has 51 heavy (non-hydrogen) atoms. The SMILES string of the molecule is COc1cc(-c2cncc(CN3CCC(N(Cc4cncc(-c5cc(OC)c(OC)c(OC)c5)c4)c4ccccc4)CC3)c2)cc(OC)c1OC. The minimum absolute atomic E-state index is 0.372. The van der Waals surface area contributed by atoms with Crippen LogP contribution in [-0.2, 0) is 13.1 Å². The van der Waals surface area contributed by atoms with E-state index in [-0.39, 0.29) is 0 Å². The van der Waals surface area contributed by atoms with Crippen LogP contribution in [0.25, 0.3) is 22.3 Å². The Morgan fingerprint density at radius 2 is 1.04 bits per heavy atom. The largest absolute Gasteiger partial charge is 0.493 e. The number of hydrogen-bond acceptors (Lipinski definition) is 10. The van der Waals surface area contributed by atoms with Crippen LogP contribution >= 0.6 is 0 Å². The van der Waals surface area contributed by atoms with E-state index < -0.39 is 0 Å². The minimum Gasteiger partial charge on any atom is -0.493 e. The predicted octanol–water partition coefficient (Wildman–Crippen LogP) is 7.53. The van der Waals surface area contributed by atoms with Crippen LogP contribution in [0.2, 0.25) is 0 Å². The molecular weight excluding hydrogens is 644 g/mol. The molecule has 10 heteroatoms. The van der Waals surface area contributed by atoms with Crippen molar-refractivity contribution < 1.29 is 28.4 Å². The first kappa shape index (κ1) is 35.3. The summed E-state index contributed by atoms with van der Waals surface area (Å²) in [6, 6.07) is 23.3. The predicted molar refractivity (Wildman–Crippen MR) is 200 cm³/mol. The smallest absolute Gasteiger partial charge is 0.203 e. The van der Waals surface area contributed by atoms with Crippen molar-refractivity contribution in [2.24, 2.45) is 0 Å². The summed E-state index contributed by atoms with van der Waals surface area (Å²) in [6.45, 7) is 3.52. The van der Waals surface area contributed by atoms with E-state index in [1.54, 1.807) is 42.7 Å². The second kappa shape index (κ2) is 16.5. The van der Waals surface area contributed by atoms with E-state index in [0.29, 0.717) is 40.5 Å². The lowest BCUT2D eigenvalue weighted by atomic mass is 9.99. The van der Waals surface area contributed by atoms with Crippen LogP contribution in [0, 0.1) is 0 Å². The van der Waals surface area contributed by atoms with Gasteiger partial charge in [0.15, 0.2) is 23.0 Å². The van der Waals surface area contributed by atoms with Crippen molar-refractivity contribution in [3.63, 3.8) is 0 Å². The van der Waals surface area contributed by atoms with Gasteiger partial charge in [0.25, 0.3) is 0 Å². The summed E-state index contributed by atoms with van der Waals surface area (Å²) in [6.07, 6.45) is 9.74. The number of benzene rings is 3. The maximum atomic E-state index is 5.62. The first-order valence-corrected chi connectivity index (χ1v) is 17.0. The minimum atomic E-state index is 0.372. The molecule has 5 aromatic rings. The topological polar surface area (TPSA) is 87.6 Å². The van der Waals surface area contributed by atoms with E-state index in [1.807, 2.05) is 49.1 Å². The molecule has 0 unspecified atom stereocenters. The van der Waals surface area contributed by atoms with Crippen LogP contribution in [0.1, 0.15) is 24.0 Å². The molecule has 1 saturated heterocycles. The lowest BCUT2D eigenvalue weighted by Crippen LogP contribution is -2.44. The third-order valence-corrected chi connectivity index (χ3v) is 9.43. The third-order valence-electron chi connectivity index (χ3n) is 9.43. The van der Waals surface area contributed by atoms with Gasteiger partial charge >= 0.3 is 0 Å². The number of nitrogens with zero attached hydrogens (tertiary/aromatic N) is 4. The zero-order chi connectivity index (χ0) is 35.7. The van der Waals surface area contributed by atoms with Gasteiger partial charge in [-0.1, -0.05) is 18.2 Å². The zero-order valence-electron chi connectivity index (χ0n) is 30.2. The second-order valence-corrected chi connectivity index (χ2v) is 12.5. The van der Waals surface area contributed by atoms with Gasteiger partial charge in [0.1, 0.15) is 0 Å². The number of pyridine rings is 2. The highest BCUT2D eigenvalue weighted by atomic mass is 16.5. The molecule has 0 spiro atoms. The number of piperidine rings is 1. The number of para-hydroxylation sites is 1. The van der Waals surface area contributed by atoms with E-state index in [0.717, 1.165) is 72.4 Å². The Bertz CT molecular complexity index is 1860. The Morgan fingerprint density at radius 3 is 1.51 bits per heavy atom. The lowest BCUT2D eigenvalue weighted by Gasteiger charge is -2.40. The van der Waals surface area contributed by atoms with Gasteiger partial charge in [-0.25, -0.2) is 0 Å². The quantitative estimate of drug-likeness (QED) is 0.117. The van der Waals surface area contributed by atoms with Gasteiger partial charge in [-0.2, -0.15) is 0 Å². The van der Waals surface area contributed by atoms with Crippen LogP contribution in [0.4, 0.5) is 5.69 Å². The molecule has 3 aromatic carbocycles. The van der Waals surface area contributed by atoms with Gasteiger partial charge in [-0.05, 0) is 83.6 Å². The molecule has 10 nitrogen and oxygen atoms in total. The molecule has 2 aromatic heterocycles. The first-order valence-electron chi connectivity index (χ1n) is 17.0. The fourth-order valence-corrected chi connectivity index (χ4v) is 6.85. The van der Waals surface area contributed by atoms with Gasteiger partial charge in [0.2, 0.25) is 11.5 Å². The summed E-state index contributed by atoms with van der Waals surface area (Å²) in [5, 5.41) is 0. The van der Waals surface area contributed by atoms with Crippen LogP contribution in [-0.4, -0.2) is 76.7 Å². The van der Waals surface area contributed by atoms with Crippen LogP contribution < -0.4 is 33.3 Å². The van der Waals surface area contributed by atoms with Gasteiger partial charge < -0.3 is 33.3 Å². The molecule has 0 amide bonds. The van der Waals surface area contributed by atoms with Gasteiger partial charge in [-0.3, -0.25) is 14.9 Å². The molecule has 0 bridgehead atoms. The summed E-state index contributed by atoms with van der Waals surface area (Å²) in [7, 11) is 9.74. The Labute approximate surface area is 300 Å². The first-order chi connectivity index (χ1) is 25.0. The maximum Gasteiger partial charge on any atom is 0.203 e. The number of anilines is 1. The Kier molecular flexibility index (Phi) is 11.4. The van der Waals surface area contributed by atoms with Crippen LogP contribution in [0.15, 0.2) is 91.5 Å². The highest BCUT2D eigenvalue weighted by Gasteiger charge is 2.26. The molecule has 1 fully saturated rings. The number of likely N-dealkylation sites (tertiary alicyclic amines) is 1. The standard InChI is InChI=1S/C41H46N4O6/c1-46-36-18-30(19-37(47-2)40(36)50-5)32-16-28(22-42-24-32)26-44-14-12-35(13-15-44)45(34-10-8-7-9-11-34)27-29-17-33(25-43-23-29)31-20-38(48-3)41(51-6)39(21-31)49-4/h7-11,16-25,35H,12-15,26-27H2,1-6H3. The average Bonchev–Trinajstić information content (AvgIpc) is 3.19. The van der Waals surface area contributed by atoms with Gasteiger partial charge in [0.05, 0.1) is 42.7 Å². The van der Waals surface area contributed by atoms with Gasteiger partial charge in [0, 0.05) is 73.8 Å². The molecule has 1 aliphatic rings. The van der Waals surface area contributed by atoms with E-state index in [4.69, 9.17) is 28.4 Å². The number of hydrogen-bond donors (Lipinski definition) is 0. The highest BCUT2D eigenvalue weighted by Crippen LogP contribution is 2.42. The van der Waals surface area contributed by atoms with E-state index >= 15 is 0 Å². The number of aromatic nitrogens is 2. The number of rotatable bonds is 14. The summed E-state index contributed by atoms with van der Waals surface area (Å²) in [5.41, 5.74) is 7.38. The molecule has 6 rings (SSSR count). The molecule has 0 saturated carbocycles. The van der Waals surface area contributed by atoms with Crippen molar-refractivity contribution in [3.05, 3.63) is 103 Å². The molecule has 0 atom stereocenters. The molecule has 266 valence electrons. The lowest BCUT2D eigenvalue weighted by molar-refractivity contribution is 0.200. The summed E-state index contributed by atoms with van der Waals surface area (Å²) in [5.74, 6) is 3.59. The van der Waals surface area contributed by atoms with Crippen molar-refractivity contribution in [1.82, 2.24) is 14.9 Å². The maximum absolute atomic E-state index is 5.62. The van der Waals surface area contributed by atoms with E-state index in [1.165, 1.54) is 5.69 Å². The zero-order valence-corrected chi connectivity index (χ0v) is 30.2. The average molecular weight is 691 g/mol. The van der Waals surface area contributed by atoms with E-state index in [2.05, 4.69) is 62.2 Å². The normalized spacial score (nSPS) is 13.4. The fraction of sp³-hybridized carbons (Fsp3) is 0.317. The summed E-state index contributed by atoms with van der Waals surface area (Å²) >= 11 is 0.